The van der Waals surface area contributed by atoms with E-state index in [0.29, 0.717) is 38.3 Å². The van der Waals surface area contributed by atoms with Gasteiger partial charge < -0.3 is 9.80 Å². The molecule has 0 spiro atoms. The number of hydrogen-bond acceptors (Lipinski definition) is 6. The van der Waals surface area contributed by atoms with Gasteiger partial charge in [0.05, 0.1) is 12.1 Å². The van der Waals surface area contributed by atoms with E-state index in [1.165, 1.54) is 25.7 Å². The van der Waals surface area contributed by atoms with Gasteiger partial charge in [-0.1, -0.05) is 0 Å². The lowest BCUT2D eigenvalue weighted by atomic mass is 9.80. The molecule has 5 aliphatic rings. The standard InChI is InChI=1S/C24H34N6O2/c25-13-21-15-27(9-11-29(21)19-5-6-19)23(31)17-1-2-18(4-3-17)24(32)28-10-12-30(20-7-8-20)22(14-26)16-28/h17-22H,1-12,15-16H2. The number of amides is 2. The molecule has 2 heterocycles. The molecule has 2 aliphatic heterocycles. The summed E-state index contributed by atoms with van der Waals surface area (Å²) in [5, 5.41) is 19.1. The van der Waals surface area contributed by atoms with Crippen molar-refractivity contribution in [3.05, 3.63) is 0 Å². The van der Waals surface area contributed by atoms with E-state index in [0.717, 1.165) is 38.8 Å². The summed E-state index contributed by atoms with van der Waals surface area (Å²) in [4.78, 5) is 34.6. The highest BCUT2D eigenvalue weighted by Gasteiger charge is 2.42. The van der Waals surface area contributed by atoms with E-state index in [1.54, 1.807) is 0 Å². The molecule has 0 aromatic heterocycles. The van der Waals surface area contributed by atoms with E-state index in [2.05, 4.69) is 21.9 Å². The van der Waals surface area contributed by atoms with Crippen LogP contribution < -0.4 is 0 Å². The molecule has 0 aromatic carbocycles. The highest BCUT2D eigenvalue weighted by atomic mass is 16.2. The van der Waals surface area contributed by atoms with Crippen molar-refractivity contribution >= 4 is 11.8 Å². The van der Waals surface area contributed by atoms with Crippen LogP contribution in [0.5, 0.6) is 0 Å². The Morgan fingerprint density at radius 2 is 0.969 bits per heavy atom. The van der Waals surface area contributed by atoms with Gasteiger partial charge in [0.25, 0.3) is 0 Å². The fourth-order valence-electron chi connectivity index (χ4n) is 6.01. The van der Waals surface area contributed by atoms with Crippen LogP contribution in [0.25, 0.3) is 0 Å². The lowest BCUT2D eigenvalue weighted by Crippen LogP contribution is -2.57. The first kappa shape index (κ1) is 21.7. The average molecular weight is 439 g/mol. The predicted molar refractivity (Wildman–Crippen MR) is 117 cm³/mol. The third-order valence-electron chi connectivity index (χ3n) is 8.22. The third-order valence-corrected chi connectivity index (χ3v) is 8.22. The minimum Gasteiger partial charge on any atom is -0.339 e. The quantitative estimate of drug-likeness (QED) is 0.654. The zero-order valence-electron chi connectivity index (χ0n) is 18.9. The molecule has 0 N–H and O–H groups in total. The monoisotopic (exact) mass is 438 g/mol. The number of rotatable bonds is 4. The molecule has 8 heteroatoms. The first-order chi connectivity index (χ1) is 15.6. The van der Waals surface area contributed by atoms with Crippen LogP contribution in [0.15, 0.2) is 0 Å². The van der Waals surface area contributed by atoms with Gasteiger partial charge in [-0.2, -0.15) is 10.5 Å². The van der Waals surface area contributed by atoms with Crippen molar-refractivity contribution in [3.8, 4) is 12.1 Å². The predicted octanol–water partition coefficient (Wildman–Crippen LogP) is 1.19. The Hall–Kier alpha value is -2.16. The number of piperazine rings is 2. The second-order valence-corrected chi connectivity index (χ2v) is 10.3. The molecule has 172 valence electrons. The largest absolute Gasteiger partial charge is 0.339 e. The van der Waals surface area contributed by atoms with Crippen LogP contribution in [-0.2, 0) is 9.59 Å². The summed E-state index contributed by atoms with van der Waals surface area (Å²) in [7, 11) is 0. The molecule has 2 amide bonds. The maximum absolute atomic E-state index is 13.1. The van der Waals surface area contributed by atoms with Crippen molar-refractivity contribution in [2.24, 2.45) is 11.8 Å². The topological polar surface area (TPSA) is 94.7 Å². The van der Waals surface area contributed by atoms with Gasteiger partial charge in [0.2, 0.25) is 11.8 Å². The van der Waals surface area contributed by atoms with Crippen molar-refractivity contribution in [2.75, 3.05) is 39.3 Å². The highest BCUT2D eigenvalue weighted by molar-refractivity contribution is 5.81. The summed E-state index contributed by atoms with van der Waals surface area (Å²) in [5.74, 6) is 0.303. The van der Waals surface area contributed by atoms with Gasteiger partial charge in [-0.25, -0.2) is 0 Å². The maximum Gasteiger partial charge on any atom is 0.225 e. The number of nitrogens with zero attached hydrogens (tertiary/aromatic N) is 6. The van der Waals surface area contributed by atoms with Crippen molar-refractivity contribution < 1.29 is 9.59 Å². The molecule has 0 radical (unpaired) electrons. The second-order valence-electron chi connectivity index (χ2n) is 10.3. The molecule has 2 unspecified atom stereocenters. The Bertz CT molecular complexity index is 749. The molecular weight excluding hydrogens is 404 g/mol. The fourth-order valence-corrected chi connectivity index (χ4v) is 6.01. The zero-order chi connectivity index (χ0) is 22.2. The third kappa shape index (κ3) is 4.36. The zero-order valence-corrected chi connectivity index (χ0v) is 18.9. The van der Waals surface area contributed by atoms with E-state index < -0.39 is 0 Å². The van der Waals surface area contributed by atoms with Gasteiger partial charge in [0.1, 0.15) is 12.1 Å². The summed E-state index contributed by atoms with van der Waals surface area (Å²) in [6, 6.07) is 5.53. The fraction of sp³-hybridized carbons (Fsp3) is 0.833. The van der Waals surface area contributed by atoms with Gasteiger partial charge in [0.15, 0.2) is 0 Å². The minimum atomic E-state index is -0.180. The summed E-state index contributed by atoms with van der Waals surface area (Å²) in [5.41, 5.74) is 0. The summed E-state index contributed by atoms with van der Waals surface area (Å²) in [6.07, 6.45) is 7.70. The Labute approximate surface area is 190 Å². The average Bonchev–Trinajstić information content (AvgIpc) is 3.76. The maximum atomic E-state index is 13.1. The van der Waals surface area contributed by atoms with Crippen LogP contribution >= 0.6 is 0 Å². The lowest BCUT2D eigenvalue weighted by molar-refractivity contribution is -0.144. The van der Waals surface area contributed by atoms with Crippen molar-refractivity contribution in [2.45, 2.75) is 75.5 Å². The van der Waals surface area contributed by atoms with Gasteiger partial charge in [-0.15, -0.1) is 0 Å². The van der Waals surface area contributed by atoms with Gasteiger partial charge in [0, 0.05) is 63.2 Å². The SMILES string of the molecule is N#CC1CN(C(=O)C2CCC(C(=O)N3CCN(C4CC4)C(C#N)C3)CC2)CCN1C1CC1. The summed E-state index contributed by atoms with van der Waals surface area (Å²) in [6.45, 7) is 4.07. The van der Waals surface area contributed by atoms with Crippen LogP contribution in [0.1, 0.15) is 51.4 Å². The first-order valence-electron chi connectivity index (χ1n) is 12.5. The van der Waals surface area contributed by atoms with Crippen LogP contribution in [0.4, 0.5) is 0 Å². The van der Waals surface area contributed by atoms with E-state index in [9.17, 15) is 20.1 Å². The van der Waals surface area contributed by atoms with Crippen molar-refractivity contribution in [1.29, 1.82) is 10.5 Å². The van der Waals surface area contributed by atoms with E-state index in [4.69, 9.17) is 0 Å². The first-order valence-corrected chi connectivity index (χ1v) is 12.5. The number of hydrogen-bond donors (Lipinski definition) is 0. The molecule has 5 rings (SSSR count). The van der Waals surface area contributed by atoms with Crippen molar-refractivity contribution in [3.63, 3.8) is 0 Å². The Balaban J connectivity index is 1.11. The summed E-state index contributed by atoms with van der Waals surface area (Å²) >= 11 is 0. The molecule has 5 fully saturated rings. The minimum absolute atomic E-state index is 0.0237. The highest BCUT2D eigenvalue weighted by Crippen LogP contribution is 2.35. The van der Waals surface area contributed by atoms with Crippen LogP contribution in [0.2, 0.25) is 0 Å². The van der Waals surface area contributed by atoms with Gasteiger partial charge in [-0.05, 0) is 51.4 Å². The van der Waals surface area contributed by atoms with Gasteiger partial charge >= 0.3 is 0 Å². The Morgan fingerprint density at radius 1 is 0.594 bits per heavy atom. The van der Waals surface area contributed by atoms with Gasteiger partial charge in [-0.3, -0.25) is 19.4 Å². The van der Waals surface area contributed by atoms with E-state index >= 15 is 0 Å². The number of carbonyl (C=O) groups excluding carboxylic acids is 2. The Kier molecular flexibility index (Phi) is 6.09. The Morgan fingerprint density at radius 3 is 1.28 bits per heavy atom. The molecule has 0 bridgehead atoms. The smallest absolute Gasteiger partial charge is 0.225 e. The molecule has 8 nitrogen and oxygen atoms in total. The van der Waals surface area contributed by atoms with E-state index in [-0.39, 0.29) is 35.7 Å². The lowest BCUT2D eigenvalue weighted by Gasteiger charge is -2.42. The van der Waals surface area contributed by atoms with Crippen LogP contribution in [0.3, 0.4) is 0 Å². The molecule has 2 atom stereocenters. The second kappa shape index (κ2) is 9.00. The van der Waals surface area contributed by atoms with Crippen molar-refractivity contribution in [1.82, 2.24) is 19.6 Å². The molecule has 3 saturated carbocycles. The van der Waals surface area contributed by atoms with E-state index in [1.807, 2.05) is 9.80 Å². The van der Waals surface area contributed by atoms with Crippen LogP contribution in [0, 0.1) is 34.5 Å². The molecular formula is C24H34N6O2. The normalized spacial score (nSPS) is 34.6. The molecule has 0 aromatic rings. The summed E-state index contributed by atoms with van der Waals surface area (Å²) < 4.78 is 0. The number of carbonyl (C=O) groups is 2. The van der Waals surface area contributed by atoms with Crippen LogP contribution in [-0.4, -0.2) is 94.8 Å². The molecule has 32 heavy (non-hydrogen) atoms. The molecule has 3 aliphatic carbocycles. The molecule has 2 saturated heterocycles. The number of nitriles is 2.